The molecule has 0 aliphatic heterocycles. The summed E-state index contributed by atoms with van der Waals surface area (Å²) in [5.41, 5.74) is 1.09. The third-order valence-electron chi connectivity index (χ3n) is 4.59. The number of ether oxygens (including phenoxy) is 1. The van der Waals surface area contributed by atoms with Crippen LogP contribution in [0.15, 0.2) is 78.9 Å². The van der Waals surface area contributed by atoms with E-state index in [2.05, 4.69) is 4.98 Å². The molecule has 0 saturated heterocycles. The molecule has 2 nitrogen and oxygen atoms in total. The Morgan fingerprint density at radius 1 is 0.750 bits per heavy atom. The molecule has 0 bridgehead atoms. The Morgan fingerprint density at radius 3 is 1.86 bits per heavy atom. The number of benzene rings is 3. The molecule has 0 saturated carbocycles. The summed E-state index contributed by atoms with van der Waals surface area (Å²) in [6.07, 6.45) is -4.59. The van der Waals surface area contributed by atoms with Crippen LogP contribution in [0, 0.1) is 0 Å². The number of hydrogen-bond acceptors (Lipinski definition) is 2. The molecule has 1 heterocycles. The van der Waals surface area contributed by atoms with Crippen LogP contribution in [0.25, 0.3) is 33.2 Å². The molecule has 0 N–H and O–H groups in total. The second-order valence-electron chi connectivity index (χ2n) is 6.32. The molecule has 0 atom stereocenters. The van der Waals surface area contributed by atoms with Crippen LogP contribution < -0.4 is 4.74 Å². The van der Waals surface area contributed by atoms with Gasteiger partial charge in [-0.3, -0.25) is 0 Å². The van der Waals surface area contributed by atoms with Gasteiger partial charge in [0.15, 0.2) is 5.69 Å². The predicted octanol–water partition coefficient (Wildman–Crippen LogP) is 6.60. The van der Waals surface area contributed by atoms with Crippen LogP contribution in [0.2, 0.25) is 0 Å². The van der Waals surface area contributed by atoms with Crippen LogP contribution in [0.4, 0.5) is 13.2 Å². The average Bonchev–Trinajstić information content (AvgIpc) is 2.72. The van der Waals surface area contributed by atoms with Crippen LogP contribution >= 0.6 is 0 Å². The number of methoxy groups -OCH3 is 1. The van der Waals surface area contributed by atoms with E-state index in [1.807, 2.05) is 18.2 Å². The van der Waals surface area contributed by atoms with Crippen molar-refractivity contribution in [2.24, 2.45) is 0 Å². The van der Waals surface area contributed by atoms with Gasteiger partial charge in [-0.1, -0.05) is 60.7 Å². The van der Waals surface area contributed by atoms with Crippen molar-refractivity contribution in [2.45, 2.75) is 6.18 Å². The van der Waals surface area contributed by atoms with E-state index in [0.29, 0.717) is 27.8 Å². The summed E-state index contributed by atoms with van der Waals surface area (Å²) in [6, 6.07) is 22.5. The molecule has 0 aliphatic rings. The van der Waals surface area contributed by atoms with E-state index in [4.69, 9.17) is 4.74 Å². The van der Waals surface area contributed by atoms with Gasteiger partial charge >= 0.3 is 6.18 Å². The lowest BCUT2D eigenvalue weighted by molar-refractivity contribution is -0.140. The number of aromatic nitrogens is 1. The van der Waals surface area contributed by atoms with Crippen LogP contribution in [0.3, 0.4) is 0 Å². The van der Waals surface area contributed by atoms with Gasteiger partial charge in [-0.05, 0) is 29.3 Å². The van der Waals surface area contributed by atoms with E-state index in [1.54, 1.807) is 60.7 Å². The van der Waals surface area contributed by atoms with Gasteiger partial charge in [0.05, 0.1) is 12.6 Å². The first kappa shape index (κ1) is 18.0. The zero-order valence-corrected chi connectivity index (χ0v) is 15.0. The lowest BCUT2D eigenvalue weighted by Gasteiger charge is -2.20. The number of hydrogen-bond donors (Lipinski definition) is 0. The fourth-order valence-electron chi connectivity index (χ4n) is 3.36. The number of rotatable bonds is 3. The molecule has 1 aromatic heterocycles. The average molecular weight is 379 g/mol. The number of pyridine rings is 1. The minimum absolute atomic E-state index is 0.0695. The summed E-state index contributed by atoms with van der Waals surface area (Å²) in [5.74, 6) is 0.560. The maximum atomic E-state index is 14.0. The normalized spacial score (nSPS) is 11.6. The Balaban J connectivity index is 2.22. The van der Waals surface area contributed by atoms with E-state index in [-0.39, 0.29) is 11.1 Å². The summed E-state index contributed by atoms with van der Waals surface area (Å²) in [4.78, 5) is 4.00. The van der Waals surface area contributed by atoms with Gasteiger partial charge in [0.1, 0.15) is 5.75 Å². The second-order valence-corrected chi connectivity index (χ2v) is 6.32. The van der Waals surface area contributed by atoms with Crippen LogP contribution in [-0.2, 0) is 6.18 Å². The lowest BCUT2D eigenvalue weighted by atomic mass is 9.90. The van der Waals surface area contributed by atoms with Gasteiger partial charge in [0.2, 0.25) is 0 Å². The van der Waals surface area contributed by atoms with E-state index in [0.717, 1.165) is 0 Å². The van der Waals surface area contributed by atoms with Crippen molar-refractivity contribution in [3.05, 3.63) is 84.6 Å². The van der Waals surface area contributed by atoms with Gasteiger partial charge in [0.25, 0.3) is 0 Å². The maximum Gasteiger partial charge on any atom is 0.434 e. The van der Waals surface area contributed by atoms with E-state index >= 15 is 0 Å². The molecule has 4 aromatic rings. The van der Waals surface area contributed by atoms with Crippen LogP contribution in [-0.4, -0.2) is 12.1 Å². The van der Waals surface area contributed by atoms with Crippen molar-refractivity contribution in [2.75, 3.05) is 7.11 Å². The van der Waals surface area contributed by atoms with E-state index in [1.165, 1.54) is 7.11 Å². The highest BCUT2D eigenvalue weighted by Gasteiger charge is 2.38. The highest BCUT2D eigenvalue weighted by Crippen LogP contribution is 2.45. The van der Waals surface area contributed by atoms with Crippen molar-refractivity contribution in [3.63, 3.8) is 0 Å². The van der Waals surface area contributed by atoms with Crippen LogP contribution in [0.5, 0.6) is 5.75 Å². The van der Waals surface area contributed by atoms with Crippen molar-refractivity contribution in [1.82, 2.24) is 4.98 Å². The smallest absolute Gasteiger partial charge is 0.434 e. The first-order chi connectivity index (χ1) is 13.5. The molecule has 0 unspecified atom stereocenters. The number of fused-ring (bicyclic) bond motifs is 1. The Kier molecular flexibility index (Phi) is 4.51. The Bertz CT molecular complexity index is 1120. The summed E-state index contributed by atoms with van der Waals surface area (Å²) in [7, 11) is 1.53. The molecule has 0 fully saturated rings. The highest BCUT2D eigenvalue weighted by molar-refractivity contribution is 6.03. The third-order valence-corrected chi connectivity index (χ3v) is 4.59. The highest BCUT2D eigenvalue weighted by atomic mass is 19.4. The molecule has 28 heavy (non-hydrogen) atoms. The van der Waals surface area contributed by atoms with Gasteiger partial charge in [-0.15, -0.1) is 0 Å². The SMILES string of the molecule is COc1ccc2nc(C(F)(F)F)c(-c3ccccc3)c(-c3ccccc3)c2c1. The maximum absolute atomic E-state index is 14.0. The van der Waals surface area contributed by atoms with Gasteiger partial charge in [0, 0.05) is 16.5 Å². The molecule has 0 radical (unpaired) electrons. The van der Waals surface area contributed by atoms with Gasteiger partial charge < -0.3 is 4.74 Å². The molecule has 5 heteroatoms. The van der Waals surface area contributed by atoms with Crippen molar-refractivity contribution in [1.29, 1.82) is 0 Å². The second kappa shape index (κ2) is 7.00. The Hall–Kier alpha value is -3.34. The van der Waals surface area contributed by atoms with E-state index < -0.39 is 11.9 Å². The number of halogens is 3. The molecule has 0 spiro atoms. The zero-order chi connectivity index (χ0) is 19.7. The van der Waals surface area contributed by atoms with Crippen molar-refractivity contribution < 1.29 is 17.9 Å². The quantitative estimate of drug-likeness (QED) is 0.400. The zero-order valence-electron chi connectivity index (χ0n) is 15.0. The minimum atomic E-state index is -4.59. The van der Waals surface area contributed by atoms with Crippen molar-refractivity contribution in [3.8, 4) is 28.0 Å². The van der Waals surface area contributed by atoms with Gasteiger partial charge in [-0.2, -0.15) is 13.2 Å². The largest absolute Gasteiger partial charge is 0.497 e. The number of alkyl halides is 3. The minimum Gasteiger partial charge on any atom is -0.497 e. The summed E-state index contributed by atoms with van der Waals surface area (Å²) < 4.78 is 47.4. The molecule has 4 rings (SSSR count). The number of nitrogens with zero attached hydrogens (tertiary/aromatic N) is 1. The molecule has 3 aromatic carbocycles. The molecule has 140 valence electrons. The fourth-order valence-corrected chi connectivity index (χ4v) is 3.36. The summed E-state index contributed by atoms with van der Waals surface area (Å²) in [6.45, 7) is 0. The third kappa shape index (κ3) is 3.20. The molecule has 0 aliphatic carbocycles. The Morgan fingerprint density at radius 2 is 1.32 bits per heavy atom. The first-order valence-corrected chi connectivity index (χ1v) is 8.69. The van der Waals surface area contributed by atoms with Crippen LogP contribution in [0.1, 0.15) is 5.69 Å². The lowest BCUT2D eigenvalue weighted by Crippen LogP contribution is -2.12. The first-order valence-electron chi connectivity index (χ1n) is 8.69. The molecular weight excluding hydrogens is 363 g/mol. The standard InChI is InChI=1S/C23H16F3NO/c1-28-17-12-13-19-18(14-17)20(15-8-4-2-5-9-15)21(16-10-6-3-7-11-16)22(27-19)23(24,25)26/h2-14H,1H3. The van der Waals surface area contributed by atoms with Crippen molar-refractivity contribution >= 4 is 10.9 Å². The summed E-state index contributed by atoms with van der Waals surface area (Å²) in [5, 5.41) is 0.609. The van der Waals surface area contributed by atoms with E-state index in [9.17, 15) is 13.2 Å². The monoisotopic (exact) mass is 379 g/mol. The van der Waals surface area contributed by atoms with Gasteiger partial charge in [-0.25, -0.2) is 4.98 Å². The molecule has 0 amide bonds. The fraction of sp³-hybridized carbons (Fsp3) is 0.0870. The summed E-state index contributed by atoms with van der Waals surface area (Å²) >= 11 is 0. The Labute approximate surface area is 160 Å². The molecular formula is C23H16F3NO. The topological polar surface area (TPSA) is 22.1 Å². The predicted molar refractivity (Wildman–Crippen MR) is 104 cm³/mol.